The summed E-state index contributed by atoms with van der Waals surface area (Å²) in [5.74, 6) is 0.581. The summed E-state index contributed by atoms with van der Waals surface area (Å²) >= 11 is 6.15. The lowest BCUT2D eigenvalue weighted by Crippen LogP contribution is -1.94. The molecule has 0 atom stereocenters. The van der Waals surface area contributed by atoms with E-state index in [9.17, 15) is 0 Å². The molecule has 2 aromatic heterocycles. The Balaban J connectivity index is 2.17. The van der Waals surface area contributed by atoms with Crippen LogP contribution < -0.4 is 5.73 Å². The van der Waals surface area contributed by atoms with Crippen molar-refractivity contribution in [3.8, 4) is 11.3 Å². The van der Waals surface area contributed by atoms with E-state index in [0.29, 0.717) is 23.1 Å². The Labute approximate surface area is 121 Å². The first-order valence-corrected chi connectivity index (χ1v) is 6.59. The molecule has 0 saturated carbocycles. The number of hydrogen-bond acceptors (Lipinski definition) is 3. The first-order valence-electron chi connectivity index (χ1n) is 6.21. The number of halogens is 1. The van der Waals surface area contributed by atoms with E-state index < -0.39 is 0 Å². The topological polar surface area (TPSA) is 52.5 Å². The van der Waals surface area contributed by atoms with E-state index in [0.717, 1.165) is 16.8 Å². The monoisotopic (exact) mass is 287 g/mol. The molecule has 3 rings (SSSR count). The van der Waals surface area contributed by atoms with Crippen molar-refractivity contribution < 1.29 is 4.74 Å². The highest BCUT2D eigenvalue weighted by Crippen LogP contribution is 2.29. The zero-order valence-corrected chi connectivity index (χ0v) is 11.8. The number of nitrogen functional groups attached to an aromatic ring is 1. The number of hydrogen-bond donors (Lipinski definition) is 1. The van der Waals surface area contributed by atoms with Gasteiger partial charge in [0.05, 0.1) is 11.6 Å². The SMILES string of the molecule is COCc1cccc(-c2nc3c(Cl)cccn3c2N)c1. The van der Waals surface area contributed by atoms with Gasteiger partial charge in [0.25, 0.3) is 0 Å². The normalized spacial score (nSPS) is 11.1. The standard InChI is InChI=1S/C15H14ClN3O/c1-20-9-10-4-2-5-11(8-10)13-14(17)19-7-3-6-12(16)15(19)18-13/h2-8H,9,17H2,1H3. The van der Waals surface area contributed by atoms with Crippen molar-refractivity contribution in [2.45, 2.75) is 6.61 Å². The zero-order valence-electron chi connectivity index (χ0n) is 11.0. The Morgan fingerprint density at radius 3 is 2.90 bits per heavy atom. The lowest BCUT2D eigenvalue weighted by atomic mass is 10.1. The van der Waals surface area contributed by atoms with Crippen molar-refractivity contribution in [2.24, 2.45) is 0 Å². The van der Waals surface area contributed by atoms with E-state index in [1.807, 2.05) is 36.5 Å². The van der Waals surface area contributed by atoms with E-state index >= 15 is 0 Å². The molecule has 1 aromatic carbocycles. The van der Waals surface area contributed by atoms with Gasteiger partial charge in [0.2, 0.25) is 0 Å². The van der Waals surface area contributed by atoms with Crippen LogP contribution in [0.1, 0.15) is 5.56 Å². The molecule has 4 nitrogen and oxygen atoms in total. The van der Waals surface area contributed by atoms with E-state index in [2.05, 4.69) is 4.98 Å². The number of fused-ring (bicyclic) bond motifs is 1. The molecule has 0 bridgehead atoms. The Bertz CT molecular complexity index is 767. The van der Waals surface area contributed by atoms with Crippen molar-refractivity contribution in [3.05, 3.63) is 53.2 Å². The average molecular weight is 288 g/mol. The molecular formula is C15H14ClN3O. The van der Waals surface area contributed by atoms with Gasteiger partial charge in [0.1, 0.15) is 11.5 Å². The quantitative estimate of drug-likeness (QED) is 0.803. The molecule has 0 aliphatic rings. The lowest BCUT2D eigenvalue weighted by molar-refractivity contribution is 0.185. The fourth-order valence-corrected chi connectivity index (χ4v) is 2.45. The molecule has 0 radical (unpaired) electrons. The first kappa shape index (κ1) is 13.0. The Morgan fingerprint density at radius 1 is 1.30 bits per heavy atom. The molecule has 2 heterocycles. The van der Waals surface area contributed by atoms with E-state index in [4.69, 9.17) is 22.1 Å². The van der Waals surface area contributed by atoms with Gasteiger partial charge >= 0.3 is 0 Å². The predicted molar refractivity (Wildman–Crippen MR) is 80.8 cm³/mol. The van der Waals surface area contributed by atoms with E-state index in [-0.39, 0.29) is 0 Å². The molecule has 0 aliphatic carbocycles. The average Bonchev–Trinajstić information content (AvgIpc) is 2.79. The molecule has 0 unspecified atom stereocenters. The Kier molecular flexibility index (Phi) is 3.34. The minimum Gasteiger partial charge on any atom is -0.383 e. The summed E-state index contributed by atoms with van der Waals surface area (Å²) in [6.07, 6.45) is 1.85. The molecule has 5 heteroatoms. The lowest BCUT2D eigenvalue weighted by Gasteiger charge is -2.03. The second-order valence-electron chi connectivity index (χ2n) is 4.53. The number of aromatic nitrogens is 2. The fourth-order valence-electron chi connectivity index (χ4n) is 2.24. The maximum Gasteiger partial charge on any atom is 0.157 e. The van der Waals surface area contributed by atoms with Gasteiger partial charge in [-0.3, -0.25) is 4.40 Å². The molecule has 2 N–H and O–H groups in total. The third-order valence-corrected chi connectivity index (χ3v) is 3.45. The maximum absolute atomic E-state index is 6.17. The van der Waals surface area contributed by atoms with Crippen molar-refractivity contribution in [2.75, 3.05) is 12.8 Å². The van der Waals surface area contributed by atoms with Crippen LogP contribution in [0.25, 0.3) is 16.9 Å². The van der Waals surface area contributed by atoms with Gasteiger partial charge in [-0.15, -0.1) is 0 Å². The van der Waals surface area contributed by atoms with Crippen LogP contribution in [0.5, 0.6) is 0 Å². The summed E-state index contributed by atoms with van der Waals surface area (Å²) in [6, 6.07) is 11.6. The number of anilines is 1. The molecule has 20 heavy (non-hydrogen) atoms. The second kappa shape index (κ2) is 5.15. The van der Waals surface area contributed by atoms with Gasteiger partial charge in [-0.05, 0) is 23.8 Å². The largest absolute Gasteiger partial charge is 0.383 e. The van der Waals surface area contributed by atoms with Crippen LogP contribution >= 0.6 is 11.6 Å². The predicted octanol–water partition coefficient (Wildman–Crippen LogP) is 3.38. The van der Waals surface area contributed by atoms with Crippen molar-refractivity contribution in [1.82, 2.24) is 9.38 Å². The van der Waals surface area contributed by atoms with Gasteiger partial charge in [-0.1, -0.05) is 29.8 Å². The van der Waals surface area contributed by atoms with Crippen molar-refractivity contribution in [1.29, 1.82) is 0 Å². The minimum absolute atomic E-state index is 0.557. The highest BCUT2D eigenvalue weighted by atomic mass is 35.5. The van der Waals surface area contributed by atoms with Crippen LogP contribution in [-0.4, -0.2) is 16.5 Å². The molecule has 0 amide bonds. The zero-order chi connectivity index (χ0) is 14.1. The number of nitrogens with zero attached hydrogens (tertiary/aromatic N) is 2. The van der Waals surface area contributed by atoms with Crippen molar-refractivity contribution in [3.63, 3.8) is 0 Å². The number of pyridine rings is 1. The number of methoxy groups -OCH3 is 1. The number of nitrogens with two attached hydrogens (primary N) is 1. The number of ether oxygens (including phenoxy) is 1. The van der Waals surface area contributed by atoms with Crippen LogP contribution in [0.3, 0.4) is 0 Å². The molecule has 3 aromatic rings. The minimum atomic E-state index is 0.557. The number of imidazole rings is 1. The Hall–Kier alpha value is -2.04. The molecule has 0 aliphatic heterocycles. The molecule has 0 spiro atoms. The highest BCUT2D eigenvalue weighted by molar-refractivity contribution is 6.33. The summed E-state index contributed by atoms with van der Waals surface area (Å²) in [4.78, 5) is 4.55. The molecule has 102 valence electrons. The highest BCUT2D eigenvalue weighted by Gasteiger charge is 2.13. The second-order valence-corrected chi connectivity index (χ2v) is 4.94. The molecular weight excluding hydrogens is 274 g/mol. The third kappa shape index (κ3) is 2.13. The number of rotatable bonds is 3. The maximum atomic E-state index is 6.17. The van der Waals surface area contributed by atoms with E-state index in [1.165, 1.54) is 0 Å². The molecule has 0 saturated heterocycles. The summed E-state index contributed by atoms with van der Waals surface area (Å²) in [5, 5.41) is 0.582. The fraction of sp³-hybridized carbons (Fsp3) is 0.133. The van der Waals surface area contributed by atoms with Crippen LogP contribution in [0.15, 0.2) is 42.6 Å². The van der Waals surface area contributed by atoms with Gasteiger partial charge < -0.3 is 10.5 Å². The smallest absolute Gasteiger partial charge is 0.157 e. The van der Waals surface area contributed by atoms with Crippen LogP contribution in [0.4, 0.5) is 5.82 Å². The van der Waals surface area contributed by atoms with Gasteiger partial charge in [-0.2, -0.15) is 0 Å². The first-order chi connectivity index (χ1) is 9.70. The van der Waals surface area contributed by atoms with E-state index in [1.54, 1.807) is 17.6 Å². The van der Waals surface area contributed by atoms with Gasteiger partial charge in [0.15, 0.2) is 5.65 Å². The molecule has 0 fully saturated rings. The van der Waals surface area contributed by atoms with Crippen LogP contribution in [0.2, 0.25) is 5.02 Å². The van der Waals surface area contributed by atoms with Gasteiger partial charge in [0, 0.05) is 18.9 Å². The summed E-state index contributed by atoms with van der Waals surface area (Å²) < 4.78 is 6.94. The summed E-state index contributed by atoms with van der Waals surface area (Å²) in [5.41, 5.74) is 9.60. The third-order valence-electron chi connectivity index (χ3n) is 3.15. The van der Waals surface area contributed by atoms with Crippen LogP contribution in [-0.2, 0) is 11.3 Å². The summed E-state index contributed by atoms with van der Waals surface area (Å²) in [7, 11) is 1.67. The van der Waals surface area contributed by atoms with Crippen LogP contribution in [0, 0.1) is 0 Å². The number of benzene rings is 1. The van der Waals surface area contributed by atoms with Crippen molar-refractivity contribution >= 4 is 23.1 Å². The van der Waals surface area contributed by atoms with Gasteiger partial charge in [-0.25, -0.2) is 4.98 Å². The summed E-state index contributed by atoms with van der Waals surface area (Å²) in [6.45, 7) is 0.557. The Morgan fingerprint density at radius 2 is 2.15 bits per heavy atom.